The van der Waals surface area contributed by atoms with Gasteiger partial charge < -0.3 is 10.2 Å². The molecule has 0 saturated heterocycles. The van der Waals surface area contributed by atoms with Gasteiger partial charge in [0.15, 0.2) is 5.65 Å². The summed E-state index contributed by atoms with van der Waals surface area (Å²) < 4.78 is 7.32. The van der Waals surface area contributed by atoms with Gasteiger partial charge in [-0.25, -0.2) is 9.50 Å². The summed E-state index contributed by atoms with van der Waals surface area (Å²) in [4.78, 5) is 18.0. The molecule has 1 fully saturated rings. The zero-order chi connectivity index (χ0) is 20.2. The quantitative estimate of drug-likeness (QED) is 0.555. The number of hydrogen-bond donors (Lipinski definition) is 2. The maximum absolute atomic E-state index is 13.3. The van der Waals surface area contributed by atoms with Crippen LogP contribution < -0.4 is 11.3 Å². The molecule has 1 aromatic carbocycles. The second-order valence-corrected chi connectivity index (χ2v) is 7.79. The molecular weight excluding hydrogens is 368 g/mol. The Kier molecular flexibility index (Phi) is 3.92. The molecule has 0 spiro atoms. The van der Waals surface area contributed by atoms with E-state index in [0.29, 0.717) is 22.8 Å². The molecule has 3 N–H and O–H groups in total. The van der Waals surface area contributed by atoms with E-state index in [1.54, 1.807) is 6.92 Å². The largest absolute Gasteiger partial charge is 0.418 e. The number of nitrogens with one attached hydrogen (secondary N) is 1. The smallest absolute Gasteiger partial charge is 0.285 e. The molecule has 0 unspecified atom stereocenters. The monoisotopic (exact) mass is 390 g/mol. The first-order valence-corrected chi connectivity index (χ1v) is 9.78. The molecule has 0 radical (unpaired) electrons. The standard InChI is InChI=1S/C21H22N6O2/c1-12-16(18-24-25-20(29-18)21(22)10-6-7-11-21)19(28)27-17(23-12)15(13(2)26-27)14-8-4-3-5-9-14/h3-5,8-9,26H,6-7,10-11,22H2,1-2H3. The highest BCUT2D eigenvalue weighted by Gasteiger charge is 2.37. The van der Waals surface area contributed by atoms with Crippen LogP contribution in [0.4, 0.5) is 0 Å². The van der Waals surface area contributed by atoms with E-state index in [4.69, 9.17) is 15.1 Å². The number of nitrogens with zero attached hydrogens (tertiary/aromatic N) is 4. The molecule has 148 valence electrons. The molecule has 0 amide bonds. The van der Waals surface area contributed by atoms with Crippen molar-refractivity contribution in [1.29, 1.82) is 0 Å². The molecule has 1 aliphatic carbocycles. The van der Waals surface area contributed by atoms with E-state index in [1.807, 2.05) is 37.3 Å². The van der Waals surface area contributed by atoms with Crippen molar-refractivity contribution in [3.05, 3.63) is 58.0 Å². The lowest BCUT2D eigenvalue weighted by molar-refractivity contribution is 0.339. The number of hydrogen-bond acceptors (Lipinski definition) is 6. The molecule has 0 atom stereocenters. The highest BCUT2D eigenvalue weighted by Crippen LogP contribution is 2.36. The molecule has 1 saturated carbocycles. The van der Waals surface area contributed by atoms with Crippen molar-refractivity contribution >= 4 is 5.65 Å². The second kappa shape index (κ2) is 6.38. The van der Waals surface area contributed by atoms with Gasteiger partial charge in [0.05, 0.1) is 11.2 Å². The third-order valence-corrected chi connectivity index (χ3v) is 5.77. The fourth-order valence-electron chi connectivity index (χ4n) is 4.23. The summed E-state index contributed by atoms with van der Waals surface area (Å²) in [6.07, 6.45) is 3.68. The first-order valence-electron chi connectivity index (χ1n) is 9.78. The Morgan fingerprint density at radius 1 is 1.10 bits per heavy atom. The minimum absolute atomic E-state index is 0.162. The summed E-state index contributed by atoms with van der Waals surface area (Å²) in [6, 6.07) is 9.88. The molecule has 3 heterocycles. The highest BCUT2D eigenvalue weighted by atomic mass is 16.4. The van der Waals surface area contributed by atoms with Gasteiger partial charge in [-0.05, 0) is 32.3 Å². The molecule has 3 aromatic heterocycles. The van der Waals surface area contributed by atoms with Crippen molar-refractivity contribution in [2.75, 3.05) is 0 Å². The summed E-state index contributed by atoms with van der Waals surface area (Å²) in [6.45, 7) is 3.71. The third kappa shape index (κ3) is 2.71. The number of aromatic amines is 1. The number of nitrogens with two attached hydrogens (primary N) is 1. The summed E-state index contributed by atoms with van der Waals surface area (Å²) in [5.74, 6) is 0.552. The van der Waals surface area contributed by atoms with Crippen molar-refractivity contribution < 1.29 is 4.42 Å². The topological polar surface area (TPSA) is 115 Å². The van der Waals surface area contributed by atoms with Crippen LogP contribution in [0.5, 0.6) is 0 Å². The minimum Gasteiger partial charge on any atom is -0.418 e. The fraction of sp³-hybridized carbons (Fsp3) is 0.333. The molecule has 8 heteroatoms. The normalized spacial score (nSPS) is 16.0. The predicted molar refractivity (Wildman–Crippen MR) is 108 cm³/mol. The SMILES string of the molecule is Cc1nc2c(-c3ccccc3)c(C)[nH]n2c(=O)c1-c1nnc(C2(N)CCCC2)o1. The van der Waals surface area contributed by atoms with Gasteiger partial charge in [-0.15, -0.1) is 10.2 Å². The van der Waals surface area contributed by atoms with Gasteiger partial charge >= 0.3 is 0 Å². The Morgan fingerprint density at radius 2 is 1.83 bits per heavy atom. The Balaban J connectivity index is 1.67. The van der Waals surface area contributed by atoms with Crippen molar-refractivity contribution in [2.45, 2.75) is 45.1 Å². The van der Waals surface area contributed by atoms with E-state index in [-0.39, 0.29) is 11.4 Å². The summed E-state index contributed by atoms with van der Waals surface area (Å²) in [5.41, 5.74) is 9.71. The summed E-state index contributed by atoms with van der Waals surface area (Å²) in [7, 11) is 0. The first kappa shape index (κ1) is 17.8. The molecule has 1 aliphatic rings. The van der Waals surface area contributed by atoms with E-state index in [9.17, 15) is 4.79 Å². The van der Waals surface area contributed by atoms with Crippen molar-refractivity contribution in [2.24, 2.45) is 5.73 Å². The van der Waals surface area contributed by atoms with E-state index in [2.05, 4.69) is 15.3 Å². The zero-order valence-corrected chi connectivity index (χ0v) is 16.4. The van der Waals surface area contributed by atoms with Gasteiger partial charge in [0.25, 0.3) is 11.4 Å². The van der Waals surface area contributed by atoms with Crippen LogP contribution in [0, 0.1) is 13.8 Å². The lowest BCUT2D eigenvalue weighted by Crippen LogP contribution is -2.33. The third-order valence-electron chi connectivity index (χ3n) is 5.77. The average molecular weight is 390 g/mol. The summed E-state index contributed by atoms with van der Waals surface area (Å²) >= 11 is 0. The number of fused-ring (bicyclic) bond motifs is 1. The van der Waals surface area contributed by atoms with Crippen LogP contribution in [0.3, 0.4) is 0 Å². The van der Waals surface area contributed by atoms with Crippen molar-refractivity contribution in [3.63, 3.8) is 0 Å². The van der Waals surface area contributed by atoms with Crippen LogP contribution in [0.25, 0.3) is 28.2 Å². The summed E-state index contributed by atoms with van der Waals surface area (Å²) in [5, 5.41) is 11.4. The number of benzene rings is 1. The molecule has 0 bridgehead atoms. The van der Waals surface area contributed by atoms with E-state index >= 15 is 0 Å². The Hall–Kier alpha value is -3.26. The lowest BCUT2D eigenvalue weighted by Gasteiger charge is -2.17. The second-order valence-electron chi connectivity index (χ2n) is 7.79. The van der Waals surface area contributed by atoms with Gasteiger partial charge in [-0.3, -0.25) is 9.89 Å². The van der Waals surface area contributed by atoms with Gasteiger partial charge in [0.1, 0.15) is 5.56 Å². The lowest BCUT2D eigenvalue weighted by atomic mass is 10.00. The molecule has 4 aromatic rings. The van der Waals surface area contributed by atoms with E-state index in [0.717, 1.165) is 42.5 Å². The maximum Gasteiger partial charge on any atom is 0.285 e. The molecule has 29 heavy (non-hydrogen) atoms. The predicted octanol–water partition coefficient (Wildman–Crippen LogP) is 3.08. The van der Waals surface area contributed by atoms with E-state index < -0.39 is 5.54 Å². The number of rotatable bonds is 3. The fourth-order valence-corrected chi connectivity index (χ4v) is 4.23. The van der Waals surface area contributed by atoms with Gasteiger partial charge in [-0.2, -0.15) is 0 Å². The highest BCUT2D eigenvalue weighted by molar-refractivity contribution is 5.80. The van der Waals surface area contributed by atoms with Crippen molar-refractivity contribution in [3.8, 4) is 22.6 Å². The maximum atomic E-state index is 13.3. The molecule has 8 nitrogen and oxygen atoms in total. The molecular formula is C21H22N6O2. The minimum atomic E-state index is -0.601. The van der Waals surface area contributed by atoms with Crippen LogP contribution >= 0.6 is 0 Å². The molecule has 5 rings (SSSR count). The zero-order valence-electron chi connectivity index (χ0n) is 16.4. The van der Waals surface area contributed by atoms with Gasteiger partial charge in [0, 0.05) is 11.3 Å². The van der Waals surface area contributed by atoms with Crippen LogP contribution in [0.1, 0.15) is 43.0 Å². The van der Waals surface area contributed by atoms with Crippen LogP contribution in [-0.4, -0.2) is 24.8 Å². The Labute approximate surface area is 166 Å². The Morgan fingerprint density at radius 3 is 2.55 bits per heavy atom. The number of aryl methyl sites for hydroxylation is 2. The van der Waals surface area contributed by atoms with Crippen molar-refractivity contribution in [1.82, 2.24) is 24.8 Å². The first-order chi connectivity index (χ1) is 14.0. The number of aromatic nitrogens is 5. The number of H-pyrrole nitrogens is 1. The van der Waals surface area contributed by atoms with Crippen LogP contribution in [0.2, 0.25) is 0 Å². The average Bonchev–Trinajstić information content (AvgIpc) is 3.42. The van der Waals surface area contributed by atoms with Gasteiger partial charge in [0.2, 0.25) is 5.89 Å². The van der Waals surface area contributed by atoms with Crippen LogP contribution in [-0.2, 0) is 5.54 Å². The van der Waals surface area contributed by atoms with E-state index in [1.165, 1.54) is 4.52 Å². The Bertz CT molecular complexity index is 1260. The van der Waals surface area contributed by atoms with Crippen LogP contribution in [0.15, 0.2) is 39.5 Å². The molecule has 0 aliphatic heterocycles. The van der Waals surface area contributed by atoms with Gasteiger partial charge in [-0.1, -0.05) is 43.2 Å².